The lowest BCUT2D eigenvalue weighted by Gasteiger charge is -2.12. The average Bonchev–Trinajstić information content (AvgIpc) is 2.61. The largest absolute Gasteiger partial charge is 0.396 e. The molecule has 9 heteroatoms. The van der Waals surface area contributed by atoms with Gasteiger partial charge in [0.25, 0.3) is 0 Å². The van der Waals surface area contributed by atoms with Crippen molar-refractivity contribution in [2.24, 2.45) is 0 Å². The quantitative estimate of drug-likeness (QED) is 0.757. The molecule has 0 amide bonds. The van der Waals surface area contributed by atoms with Crippen LogP contribution in [0.15, 0.2) is 23.1 Å². The normalized spacial score (nSPS) is 22.5. The molecular weight excluding hydrogens is 295 g/mol. The summed E-state index contributed by atoms with van der Waals surface area (Å²) in [5.41, 5.74) is 5.03. The zero-order valence-corrected chi connectivity index (χ0v) is 11.5. The number of sulfonamides is 1. The number of halogens is 1. The molecule has 1 aromatic rings. The number of hydrogen-bond donors (Lipinski definition) is 2. The van der Waals surface area contributed by atoms with Crippen LogP contribution in [0.4, 0.5) is 10.1 Å². The third kappa shape index (κ3) is 3.23. The van der Waals surface area contributed by atoms with E-state index in [2.05, 4.69) is 4.72 Å². The molecule has 1 saturated heterocycles. The van der Waals surface area contributed by atoms with Crippen molar-refractivity contribution in [2.75, 3.05) is 17.2 Å². The topological polar surface area (TPSA) is 106 Å². The van der Waals surface area contributed by atoms with Gasteiger partial charge in [-0.15, -0.1) is 0 Å². The summed E-state index contributed by atoms with van der Waals surface area (Å²) in [5, 5.41) is 0. The minimum absolute atomic E-state index is 0.0360. The maximum Gasteiger partial charge on any atom is 0.240 e. The van der Waals surface area contributed by atoms with Crippen molar-refractivity contribution in [3.63, 3.8) is 0 Å². The van der Waals surface area contributed by atoms with Crippen LogP contribution in [0, 0.1) is 5.82 Å². The molecule has 1 aliphatic heterocycles. The SMILES string of the molecule is Nc1cc(S(=O)(=O)NC2CCS(=O)(=O)C2)ccc1F. The van der Waals surface area contributed by atoms with Gasteiger partial charge in [-0.3, -0.25) is 0 Å². The zero-order valence-electron chi connectivity index (χ0n) is 9.84. The Balaban J connectivity index is 2.21. The minimum Gasteiger partial charge on any atom is -0.396 e. The van der Waals surface area contributed by atoms with Gasteiger partial charge in [-0.05, 0) is 24.6 Å². The van der Waals surface area contributed by atoms with Crippen molar-refractivity contribution in [1.29, 1.82) is 0 Å². The Hall–Kier alpha value is -1.19. The summed E-state index contributed by atoms with van der Waals surface area (Å²) in [4.78, 5) is -0.185. The number of sulfone groups is 1. The first kappa shape index (κ1) is 14.2. The van der Waals surface area contributed by atoms with Gasteiger partial charge >= 0.3 is 0 Å². The average molecular weight is 308 g/mol. The Kier molecular flexibility index (Phi) is 3.54. The van der Waals surface area contributed by atoms with Crippen LogP contribution in [-0.2, 0) is 19.9 Å². The fourth-order valence-corrected chi connectivity index (χ4v) is 4.95. The van der Waals surface area contributed by atoms with E-state index in [1.807, 2.05) is 0 Å². The van der Waals surface area contributed by atoms with Crippen LogP contribution in [0.5, 0.6) is 0 Å². The number of anilines is 1. The van der Waals surface area contributed by atoms with Crippen LogP contribution in [0.2, 0.25) is 0 Å². The highest BCUT2D eigenvalue weighted by Crippen LogP contribution is 2.19. The summed E-state index contributed by atoms with van der Waals surface area (Å²) < 4.78 is 61.7. The summed E-state index contributed by atoms with van der Waals surface area (Å²) in [6, 6.07) is 2.38. The van der Waals surface area contributed by atoms with Crippen LogP contribution in [0.3, 0.4) is 0 Å². The van der Waals surface area contributed by atoms with Gasteiger partial charge in [-0.2, -0.15) is 0 Å². The predicted octanol–water partition coefficient (Wildman–Crippen LogP) is -0.127. The lowest BCUT2D eigenvalue weighted by atomic mass is 10.3. The Labute approximate surface area is 110 Å². The molecule has 19 heavy (non-hydrogen) atoms. The van der Waals surface area contributed by atoms with E-state index in [1.165, 1.54) is 0 Å². The van der Waals surface area contributed by atoms with E-state index in [1.54, 1.807) is 0 Å². The molecule has 1 atom stereocenters. The van der Waals surface area contributed by atoms with Crippen LogP contribution in [0.1, 0.15) is 6.42 Å². The first-order valence-corrected chi connectivity index (χ1v) is 8.78. The fourth-order valence-electron chi connectivity index (χ4n) is 1.86. The van der Waals surface area contributed by atoms with Crippen LogP contribution in [0.25, 0.3) is 0 Å². The first-order chi connectivity index (χ1) is 8.70. The van der Waals surface area contributed by atoms with E-state index in [0.29, 0.717) is 0 Å². The van der Waals surface area contributed by atoms with Gasteiger partial charge in [0.1, 0.15) is 5.82 Å². The molecule has 1 unspecified atom stereocenters. The highest BCUT2D eigenvalue weighted by molar-refractivity contribution is 7.92. The fraction of sp³-hybridized carbons (Fsp3) is 0.400. The predicted molar refractivity (Wildman–Crippen MR) is 68.2 cm³/mol. The second-order valence-corrected chi connectivity index (χ2v) is 8.35. The van der Waals surface area contributed by atoms with Gasteiger partial charge in [-0.1, -0.05) is 0 Å². The molecule has 106 valence electrons. The summed E-state index contributed by atoms with van der Waals surface area (Å²) in [7, 11) is -7.07. The summed E-state index contributed by atoms with van der Waals surface area (Å²) in [6.45, 7) is 0. The third-order valence-electron chi connectivity index (χ3n) is 2.83. The maximum atomic E-state index is 13.0. The highest BCUT2D eigenvalue weighted by atomic mass is 32.2. The zero-order chi connectivity index (χ0) is 14.3. The van der Waals surface area contributed by atoms with Gasteiger partial charge < -0.3 is 5.73 Å². The molecule has 0 bridgehead atoms. The van der Waals surface area contributed by atoms with Crippen LogP contribution < -0.4 is 10.5 Å². The van der Waals surface area contributed by atoms with Crippen molar-refractivity contribution < 1.29 is 21.2 Å². The molecule has 2 rings (SSSR count). The molecular formula is C10H13FN2O4S2. The Morgan fingerprint density at radius 2 is 2.05 bits per heavy atom. The van der Waals surface area contributed by atoms with Crippen LogP contribution in [-0.4, -0.2) is 34.4 Å². The summed E-state index contributed by atoms with van der Waals surface area (Å²) >= 11 is 0. The molecule has 0 aliphatic carbocycles. The van der Waals surface area contributed by atoms with Crippen molar-refractivity contribution in [2.45, 2.75) is 17.4 Å². The Morgan fingerprint density at radius 3 is 2.58 bits per heavy atom. The van der Waals surface area contributed by atoms with Gasteiger partial charge in [0.15, 0.2) is 9.84 Å². The molecule has 1 heterocycles. The number of rotatable bonds is 3. The smallest absolute Gasteiger partial charge is 0.240 e. The van der Waals surface area contributed by atoms with E-state index in [-0.39, 0.29) is 28.5 Å². The number of nitrogens with one attached hydrogen (secondary N) is 1. The van der Waals surface area contributed by atoms with Crippen LogP contribution >= 0.6 is 0 Å². The van der Waals surface area contributed by atoms with E-state index in [9.17, 15) is 21.2 Å². The van der Waals surface area contributed by atoms with Gasteiger partial charge in [0, 0.05) is 6.04 Å². The van der Waals surface area contributed by atoms with Crippen molar-refractivity contribution >= 4 is 25.5 Å². The molecule has 6 nitrogen and oxygen atoms in total. The minimum atomic E-state index is -3.89. The maximum absolute atomic E-state index is 13.0. The number of nitrogen functional groups attached to an aromatic ring is 1. The highest BCUT2D eigenvalue weighted by Gasteiger charge is 2.31. The summed E-state index contributed by atoms with van der Waals surface area (Å²) in [6.07, 6.45) is 0.234. The second kappa shape index (κ2) is 4.73. The van der Waals surface area contributed by atoms with E-state index >= 15 is 0 Å². The molecule has 3 N–H and O–H groups in total. The monoisotopic (exact) mass is 308 g/mol. The van der Waals surface area contributed by atoms with E-state index < -0.39 is 31.7 Å². The second-order valence-electron chi connectivity index (χ2n) is 4.40. The molecule has 0 radical (unpaired) electrons. The Bertz CT molecular complexity index is 700. The third-order valence-corrected chi connectivity index (χ3v) is 6.12. The number of benzene rings is 1. The van der Waals surface area contributed by atoms with E-state index in [0.717, 1.165) is 18.2 Å². The molecule has 0 saturated carbocycles. The molecule has 1 aliphatic rings. The lowest BCUT2D eigenvalue weighted by Crippen LogP contribution is -2.35. The van der Waals surface area contributed by atoms with Crippen molar-refractivity contribution in [3.05, 3.63) is 24.0 Å². The Morgan fingerprint density at radius 1 is 1.37 bits per heavy atom. The number of hydrogen-bond acceptors (Lipinski definition) is 5. The van der Waals surface area contributed by atoms with Gasteiger partial charge in [-0.25, -0.2) is 25.9 Å². The molecule has 1 fully saturated rings. The molecule has 1 aromatic carbocycles. The number of nitrogens with two attached hydrogens (primary N) is 1. The molecule has 0 spiro atoms. The first-order valence-electron chi connectivity index (χ1n) is 5.47. The van der Waals surface area contributed by atoms with Crippen molar-refractivity contribution in [1.82, 2.24) is 4.72 Å². The van der Waals surface area contributed by atoms with Gasteiger partial charge in [0.05, 0.1) is 22.1 Å². The molecule has 0 aromatic heterocycles. The van der Waals surface area contributed by atoms with Crippen molar-refractivity contribution in [3.8, 4) is 0 Å². The summed E-state index contributed by atoms with van der Waals surface area (Å²) in [5.74, 6) is -0.961. The lowest BCUT2D eigenvalue weighted by molar-refractivity contribution is 0.562. The van der Waals surface area contributed by atoms with E-state index in [4.69, 9.17) is 5.73 Å². The van der Waals surface area contributed by atoms with Gasteiger partial charge in [0.2, 0.25) is 10.0 Å². The standard InChI is InChI=1S/C10H13FN2O4S2/c11-9-2-1-8(5-10(9)12)19(16,17)13-7-3-4-18(14,15)6-7/h1-2,5,7,13H,3-4,6,12H2.